The van der Waals surface area contributed by atoms with Crippen molar-refractivity contribution in [2.45, 2.75) is 6.54 Å². The van der Waals surface area contributed by atoms with E-state index in [0.717, 1.165) is 0 Å². The third-order valence-electron chi connectivity index (χ3n) is 2.07. The second-order valence-electron chi connectivity index (χ2n) is 3.07. The Hall–Kier alpha value is -1.95. The summed E-state index contributed by atoms with van der Waals surface area (Å²) in [4.78, 5) is 10.9. The van der Waals surface area contributed by atoms with E-state index in [4.69, 9.17) is 5.11 Å². The number of hydrogen-bond donors (Lipinski definition) is 2. The van der Waals surface area contributed by atoms with Crippen LogP contribution in [-0.4, -0.2) is 32.7 Å². The van der Waals surface area contributed by atoms with Crippen LogP contribution in [0, 0.1) is 0 Å². The SMILES string of the molecule is CNCc1nnc2c(C(=O)O)cccn12. The highest BCUT2D eigenvalue weighted by atomic mass is 16.4. The molecule has 0 radical (unpaired) electrons. The lowest BCUT2D eigenvalue weighted by atomic mass is 10.3. The molecule has 0 saturated heterocycles. The molecule has 2 aromatic rings. The summed E-state index contributed by atoms with van der Waals surface area (Å²) in [6.45, 7) is 0.546. The topological polar surface area (TPSA) is 79.5 Å². The molecule has 0 aliphatic rings. The first-order valence-electron chi connectivity index (χ1n) is 4.44. The lowest BCUT2D eigenvalue weighted by molar-refractivity contribution is 0.0698. The van der Waals surface area contributed by atoms with E-state index >= 15 is 0 Å². The molecule has 0 unspecified atom stereocenters. The van der Waals surface area contributed by atoms with Crippen molar-refractivity contribution >= 4 is 11.6 Å². The number of nitrogens with zero attached hydrogens (tertiary/aromatic N) is 3. The standard InChI is InChI=1S/C9H10N4O2/c1-10-5-7-11-12-8-6(9(14)15)3-2-4-13(7)8/h2-4,10H,5H2,1H3,(H,14,15). The maximum Gasteiger partial charge on any atom is 0.339 e. The molecule has 2 rings (SSSR count). The molecule has 2 heterocycles. The summed E-state index contributed by atoms with van der Waals surface area (Å²) in [6.07, 6.45) is 1.74. The van der Waals surface area contributed by atoms with Gasteiger partial charge >= 0.3 is 5.97 Å². The number of nitrogens with one attached hydrogen (secondary N) is 1. The van der Waals surface area contributed by atoms with Crippen molar-refractivity contribution in [1.29, 1.82) is 0 Å². The smallest absolute Gasteiger partial charge is 0.339 e. The van der Waals surface area contributed by atoms with Crippen molar-refractivity contribution in [3.05, 3.63) is 29.7 Å². The molecule has 0 aromatic carbocycles. The maximum absolute atomic E-state index is 10.9. The van der Waals surface area contributed by atoms with Crippen molar-refractivity contribution < 1.29 is 9.90 Å². The Labute approximate surface area is 85.6 Å². The van der Waals surface area contributed by atoms with E-state index < -0.39 is 5.97 Å². The molecule has 0 atom stereocenters. The summed E-state index contributed by atoms with van der Waals surface area (Å²) in [5.41, 5.74) is 0.530. The quantitative estimate of drug-likeness (QED) is 0.747. The van der Waals surface area contributed by atoms with Crippen LogP contribution in [0.2, 0.25) is 0 Å². The Morgan fingerprint density at radius 2 is 2.40 bits per heavy atom. The van der Waals surface area contributed by atoms with Gasteiger partial charge in [-0.25, -0.2) is 4.79 Å². The van der Waals surface area contributed by atoms with E-state index in [2.05, 4.69) is 15.5 Å². The lowest BCUT2D eigenvalue weighted by Crippen LogP contribution is -2.09. The average Bonchev–Trinajstić information content (AvgIpc) is 2.62. The Kier molecular flexibility index (Phi) is 2.34. The van der Waals surface area contributed by atoms with Crippen LogP contribution >= 0.6 is 0 Å². The molecule has 0 aliphatic carbocycles. The molecule has 0 saturated carbocycles. The van der Waals surface area contributed by atoms with E-state index in [-0.39, 0.29) is 5.56 Å². The number of hydrogen-bond acceptors (Lipinski definition) is 4. The van der Waals surface area contributed by atoms with E-state index in [0.29, 0.717) is 18.0 Å². The van der Waals surface area contributed by atoms with Crippen LogP contribution in [-0.2, 0) is 6.54 Å². The zero-order valence-electron chi connectivity index (χ0n) is 8.14. The van der Waals surface area contributed by atoms with Crippen molar-refractivity contribution in [2.24, 2.45) is 0 Å². The third-order valence-corrected chi connectivity index (χ3v) is 2.07. The van der Waals surface area contributed by atoms with Gasteiger partial charge in [-0.15, -0.1) is 10.2 Å². The number of pyridine rings is 1. The van der Waals surface area contributed by atoms with Crippen LogP contribution < -0.4 is 5.32 Å². The number of fused-ring (bicyclic) bond motifs is 1. The fraction of sp³-hybridized carbons (Fsp3) is 0.222. The van der Waals surface area contributed by atoms with Crippen molar-refractivity contribution in [3.63, 3.8) is 0 Å². The predicted molar refractivity (Wildman–Crippen MR) is 52.7 cm³/mol. The normalized spacial score (nSPS) is 10.7. The van der Waals surface area contributed by atoms with Gasteiger partial charge in [-0.2, -0.15) is 0 Å². The number of carboxylic acid groups (broad SMARTS) is 1. The van der Waals surface area contributed by atoms with Crippen LogP contribution in [0.15, 0.2) is 18.3 Å². The van der Waals surface area contributed by atoms with E-state index in [1.807, 2.05) is 0 Å². The first kappa shape index (κ1) is 9.60. The molecule has 2 aromatic heterocycles. The highest BCUT2D eigenvalue weighted by Crippen LogP contribution is 2.09. The van der Waals surface area contributed by atoms with Gasteiger partial charge in [0.15, 0.2) is 11.5 Å². The summed E-state index contributed by atoms with van der Waals surface area (Å²) in [6, 6.07) is 3.18. The molecule has 78 valence electrons. The van der Waals surface area contributed by atoms with E-state index in [9.17, 15) is 4.79 Å². The van der Waals surface area contributed by atoms with Crippen LogP contribution in [0.25, 0.3) is 5.65 Å². The highest BCUT2D eigenvalue weighted by molar-refractivity contribution is 5.94. The van der Waals surface area contributed by atoms with Crippen molar-refractivity contribution in [3.8, 4) is 0 Å². The van der Waals surface area contributed by atoms with Crippen LogP contribution in [0.1, 0.15) is 16.2 Å². The van der Waals surface area contributed by atoms with Gasteiger partial charge in [0.2, 0.25) is 0 Å². The highest BCUT2D eigenvalue weighted by Gasteiger charge is 2.12. The first-order chi connectivity index (χ1) is 7.24. The first-order valence-corrected chi connectivity index (χ1v) is 4.44. The van der Waals surface area contributed by atoms with E-state index in [1.165, 1.54) is 6.07 Å². The molecule has 0 fully saturated rings. The second-order valence-corrected chi connectivity index (χ2v) is 3.07. The lowest BCUT2D eigenvalue weighted by Gasteiger charge is -1.99. The molecule has 0 spiro atoms. The molecule has 15 heavy (non-hydrogen) atoms. The monoisotopic (exact) mass is 206 g/mol. The van der Waals surface area contributed by atoms with Crippen molar-refractivity contribution in [2.75, 3.05) is 7.05 Å². The maximum atomic E-state index is 10.9. The van der Waals surface area contributed by atoms with E-state index in [1.54, 1.807) is 23.7 Å². The Bertz CT molecular complexity index is 506. The molecule has 6 nitrogen and oxygen atoms in total. The van der Waals surface area contributed by atoms with Crippen molar-refractivity contribution in [1.82, 2.24) is 19.9 Å². The van der Waals surface area contributed by atoms with Gasteiger partial charge in [0.05, 0.1) is 6.54 Å². The van der Waals surface area contributed by atoms with Gasteiger partial charge < -0.3 is 10.4 Å². The molecular weight excluding hydrogens is 196 g/mol. The summed E-state index contributed by atoms with van der Waals surface area (Å²) in [7, 11) is 1.79. The fourth-order valence-corrected chi connectivity index (χ4v) is 1.41. The fourth-order valence-electron chi connectivity index (χ4n) is 1.41. The van der Waals surface area contributed by atoms with Gasteiger partial charge in [-0.1, -0.05) is 0 Å². The molecule has 6 heteroatoms. The number of carbonyl (C=O) groups is 1. The van der Waals surface area contributed by atoms with Gasteiger partial charge in [0, 0.05) is 6.20 Å². The minimum atomic E-state index is -0.996. The minimum absolute atomic E-state index is 0.160. The van der Waals surface area contributed by atoms with Gasteiger partial charge in [0.25, 0.3) is 0 Å². The number of aromatic carboxylic acids is 1. The zero-order valence-corrected chi connectivity index (χ0v) is 8.14. The molecular formula is C9H10N4O2. The summed E-state index contributed by atoms with van der Waals surface area (Å²) in [5.74, 6) is -0.306. The summed E-state index contributed by atoms with van der Waals surface area (Å²) < 4.78 is 1.67. The van der Waals surface area contributed by atoms with Gasteiger partial charge in [0.1, 0.15) is 5.56 Å². The van der Waals surface area contributed by atoms with Gasteiger partial charge in [-0.05, 0) is 19.2 Å². The Morgan fingerprint density at radius 1 is 1.60 bits per heavy atom. The zero-order chi connectivity index (χ0) is 10.8. The van der Waals surface area contributed by atoms with Gasteiger partial charge in [-0.3, -0.25) is 4.40 Å². The number of rotatable bonds is 3. The second kappa shape index (κ2) is 3.66. The summed E-state index contributed by atoms with van der Waals surface area (Å²) >= 11 is 0. The van der Waals surface area contributed by atoms with Crippen LogP contribution in [0.4, 0.5) is 0 Å². The Morgan fingerprint density at radius 3 is 3.07 bits per heavy atom. The Balaban J connectivity index is 2.63. The number of aromatic nitrogens is 3. The van der Waals surface area contributed by atoms with Crippen LogP contribution in [0.3, 0.4) is 0 Å². The average molecular weight is 206 g/mol. The summed E-state index contributed by atoms with van der Waals surface area (Å²) in [5, 5.41) is 19.6. The molecule has 2 N–H and O–H groups in total. The largest absolute Gasteiger partial charge is 0.478 e. The van der Waals surface area contributed by atoms with Crippen LogP contribution in [0.5, 0.6) is 0 Å². The predicted octanol–water partition coefficient (Wildman–Crippen LogP) is 0.147. The minimum Gasteiger partial charge on any atom is -0.478 e. The molecule has 0 amide bonds. The molecule has 0 aliphatic heterocycles. The molecule has 0 bridgehead atoms. The number of carboxylic acids is 1. The third kappa shape index (κ3) is 1.55.